The van der Waals surface area contributed by atoms with Gasteiger partial charge in [0.2, 0.25) is 0 Å². The van der Waals surface area contributed by atoms with E-state index < -0.39 is 6.36 Å². The standard InChI is InChI=1S/C22H22F3N3O2S/c1-15-19(20(29)26-2)27-21(31-15)28(14-17-7-4-3-5-8-17)12-11-16-9-6-10-18(13-16)30-22(23,24)25/h3-10,13H,11-12,14H2,1-2H3,(H,26,29). The van der Waals surface area contributed by atoms with Gasteiger partial charge in [-0.2, -0.15) is 0 Å². The third kappa shape index (κ3) is 6.45. The molecule has 31 heavy (non-hydrogen) atoms. The molecule has 1 N–H and O–H groups in total. The summed E-state index contributed by atoms with van der Waals surface area (Å²) in [5.41, 5.74) is 2.15. The Morgan fingerprint density at radius 3 is 2.52 bits per heavy atom. The van der Waals surface area contributed by atoms with Gasteiger partial charge < -0.3 is 15.0 Å². The molecule has 0 saturated carbocycles. The van der Waals surface area contributed by atoms with Gasteiger partial charge in [0.15, 0.2) is 5.13 Å². The molecule has 9 heteroatoms. The van der Waals surface area contributed by atoms with Crippen LogP contribution in [-0.2, 0) is 13.0 Å². The average molecular weight is 449 g/mol. The van der Waals surface area contributed by atoms with E-state index in [1.807, 2.05) is 42.2 Å². The first-order valence-electron chi connectivity index (χ1n) is 9.58. The van der Waals surface area contributed by atoms with Gasteiger partial charge in [-0.05, 0) is 36.6 Å². The van der Waals surface area contributed by atoms with Crippen molar-refractivity contribution in [1.29, 1.82) is 0 Å². The third-order valence-corrected chi connectivity index (χ3v) is 5.55. The summed E-state index contributed by atoms with van der Waals surface area (Å²) in [6.07, 6.45) is -4.25. The minimum absolute atomic E-state index is 0.244. The van der Waals surface area contributed by atoms with Gasteiger partial charge in [0, 0.05) is 25.0 Å². The number of alkyl halides is 3. The number of ether oxygens (including phenoxy) is 1. The normalized spacial score (nSPS) is 11.3. The van der Waals surface area contributed by atoms with Gasteiger partial charge in [-0.1, -0.05) is 42.5 Å². The van der Waals surface area contributed by atoms with E-state index in [0.717, 1.165) is 10.4 Å². The molecule has 1 amide bonds. The van der Waals surface area contributed by atoms with Crippen LogP contribution >= 0.6 is 11.3 Å². The molecule has 0 aliphatic heterocycles. The summed E-state index contributed by atoms with van der Waals surface area (Å²) in [5.74, 6) is -0.497. The molecular formula is C22H22F3N3O2S. The van der Waals surface area contributed by atoms with Crippen LogP contribution in [0, 0.1) is 6.92 Å². The van der Waals surface area contributed by atoms with E-state index >= 15 is 0 Å². The lowest BCUT2D eigenvalue weighted by atomic mass is 10.1. The fourth-order valence-corrected chi connectivity index (χ4v) is 3.99. The molecule has 164 valence electrons. The first-order valence-corrected chi connectivity index (χ1v) is 10.4. The summed E-state index contributed by atoms with van der Waals surface area (Å²) >= 11 is 1.41. The number of aromatic nitrogens is 1. The van der Waals surface area contributed by atoms with Crippen LogP contribution in [0.25, 0.3) is 0 Å². The van der Waals surface area contributed by atoms with E-state index in [1.165, 1.54) is 29.5 Å². The number of hydrogen-bond acceptors (Lipinski definition) is 5. The number of halogens is 3. The lowest BCUT2D eigenvalue weighted by Crippen LogP contribution is -2.26. The molecule has 0 spiro atoms. The highest BCUT2D eigenvalue weighted by molar-refractivity contribution is 7.15. The number of anilines is 1. The SMILES string of the molecule is CNC(=O)c1nc(N(CCc2cccc(OC(F)(F)F)c2)Cc2ccccc2)sc1C. The summed E-state index contributed by atoms with van der Waals surface area (Å²) in [5, 5.41) is 3.27. The fraction of sp³-hybridized carbons (Fsp3) is 0.273. The van der Waals surface area contributed by atoms with Crippen LogP contribution in [0.1, 0.15) is 26.5 Å². The predicted octanol–water partition coefficient (Wildman–Crippen LogP) is 4.96. The molecule has 2 aromatic carbocycles. The average Bonchev–Trinajstić information content (AvgIpc) is 3.12. The topological polar surface area (TPSA) is 54.5 Å². The molecule has 0 unspecified atom stereocenters. The second-order valence-corrected chi connectivity index (χ2v) is 8.01. The largest absolute Gasteiger partial charge is 0.573 e. The maximum Gasteiger partial charge on any atom is 0.573 e. The van der Waals surface area contributed by atoms with Crippen molar-refractivity contribution in [2.24, 2.45) is 0 Å². The summed E-state index contributed by atoms with van der Waals surface area (Å²) in [6, 6.07) is 15.7. The Morgan fingerprint density at radius 1 is 1.13 bits per heavy atom. The number of thiazole rings is 1. The number of amides is 1. The number of carbonyl (C=O) groups excluding carboxylic acids is 1. The van der Waals surface area contributed by atoms with Gasteiger partial charge >= 0.3 is 6.36 Å². The van der Waals surface area contributed by atoms with Crippen molar-refractivity contribution < 1.29 is 22.7 Å². The molecule has 0 aliphatic rings. The molecule has 0 atom stereocenters. The highest BCUT2D eigenvalue weighted by Crippen LogP contribution is 2.28. The Kier molecular flexibility index (Phi) is 7.17. The first kappa shape index (κ1) is 22.6. The second kappa shape index (κ2) is 9.82. The lowest BCUT2D eigenvalue weighted by Gasteiger charge is -2.22. The lowest BCUT2D eigenvalue weighted by molar-refractivity contribution is -0.274. The smallest absolute Gasteiger partial charge is 0.406 e. The first-order chi connectivity index (χ1) is 14.7. The maximum atomic E-state index is 12.5. The maximum absolute atomic E-state index is 12.5. The van der Waals surface area contributed by atoms with Gasteiger partial charge in [-0.3, -0.25) is 4.79 Å². The Labute approximate surface area is 182 Å². The molecule has 1 heterocycles. The molecule has 5 nitrogen and oxygen atoms in total. The highest BCUT2D eigenvalue weighted by atomic mass is 32.1. The van der Waals surface area contributed by atoms with Crippen molar-refractivity contribution in [2.75, 3.05) is 18.5 Å². The van der Waals surface area contributed by atoms with Gasteiger partial charge in [-0.25, -0.2) is 4.98 Å². The van der Waals surface area contributed by atoms with Crippen molar-refractivity contribution in [2.45, 2.75) is 26.3 Å². The minimum Gasteiger partial charge on any atom is -0.406 e. The van der Waals surface area contributed by atoms with Crippen LogP contribution in [0.3, 0.4) is 0 Å². The van der Waals surface area contributed by atoms with Gasteiger partial charge in [-0.15, -0.1) is 24.5 Å². The number of hydrogen-bond donors (Lipinski definition) is 1. The number of carbonyl (C=O) groups is 1. The van der Waals surface area contributed by atoms with Gasteiger partial charge in [0.05, 0.1) is 0 Å². The van der Waals surface area contributed by atoms with E-state index in [2.05, 4.69) is 15.0 Å². The van der Waals surface area contributed by atoms with Crippen LogP contribution in [0.2, 0.25) is 0 Å². The van der Waals surface area contributed by atoms with Crippen molar-refractivity contribution >= 4 is 22.4 Å². The Hall–Kier alpha value is -3.07. The molecule has 3 rings (SSSR count). The molecule has 0 fully saturated rings. The Morgan fingerprint density at radius 2 is 1.84 bits per heavy atom. The predicted molar refractivity (Wildman–Crippen MR) is 115 cm³/mol. The molecule has 0 saturated heterocycles. The fourth-order valence-electron chi connectivity index (χ4n) is 3.06. The minimum atomic E-state index is -4.73. The molecular weight excluding hydrogens is 427 g/mol. The van der Waals surface area contributed by atoms with Crippen LogP contribution in [0.4, 0.5) is 18.3 Å². The van der Waals surface area contributed by atoms with Crippen molar-refractivity contribution in [3.63, 3.8) is 0 Å². The summed E-state index contributed by atoms with van der Waals surface area (Å²) in [6.45, 7) is 2.90. The number of nitrogens with zero attached hydrogens (tertiary/aromatic N) is 2. The van der Waals surface area contributed by atoms with E-state index in [0.29, 0.717) is 35.9 Å². The molecule has 0 aliphatic carbocycles. The zero-order valence-corrected chi connectivity index (χ0v) is 17.9. The quantitative estimate of drug-likeness (QED) is 0.528. The van der Waals surface area contributed by atoms with Crippen molar-refractivity contribution in [3.8, 4) is 5.75 Å². The Bertz CT molecular complexity index is 1020. The van der Waals surface area contributed by atoms with E-state index in [4.69, 9.17) is 0 Å². The third-order valence-electron chi connectivity index (χ3n) is 4.52. The number of rotatable bonds is 8. The summed E-state index contributed by atoms with van der Waals surface area (Å²) in [4.78, 5) is 19.4. The van der Waals surface area contributed by atoms with Crippen molar-refractivity contribution in [3.05, 3.63) is 76.3 Å². The summed E-state index contributed by atoms with van der Waals surface area (Å²) < 4.78 is 41.6. The van der Waals surface area contributed by atoms with Crippen LogP contribution in [0.5, 0.6) is 5.75 Å². The molecule has 1 aromatic heterocycles. The molecule has 3 aromatic rings. The van der Waals surface area contributed by atoms with E-state index in [-0.39, 0.29) is 11.7 Å². The van der Waals surface area contributed by atoms with Crippen LogP contribution in [0.15, 0.2) is 54.6 Å². The van der Waals surface area contributed by atoms with Crippen LogP contribution in [-0.4, -0.2) is 30.8 Å². The van der Waals surface area contributed by atoms with Gasteiger partial charge in [0.1, 0.15) is 11.4 Å². The monoisotopic (exact) mass is 449 g/mol. The number of aryl methyl sites for hydroxylation is 1. The van der Waals surface area contributed by atoms with Crippen LogP contribution < -0.4 is 15.0 Å². The number of nitrogens with one attached hydrogen (secondary N) is 1. The Balaban J connectivity index is 1.81. The van der Waals surface area contributed by atoms with E-state index in [9.17, 15) is 18.0 Å². The number of benzene rings is 2. The zero-order valence-electron chi connectivity index (χ0n) is 17.1. The molecule has 0 radical (unpaired) electrons. The highest BCUT2D eigenvalue weighted by Gasteiger charge is 2.31. The second-order valence-electron chi connectivity index (χ2n) is 6.83. The zero-order chi connectivity index (χ0) is 22.4. The van der Waals surface area contributed by atoms with Crippen molar-refractivity contribution in [1.82, 2.24) is 10.3 Å². The van der Waals surface area contributed by atoms with Gasteiger partial charge in [0.25, 0.3) is 5.91 Å². The van der Waals surface area contributed by atoms with E-state index in [1.54, 1.807) is 13.1 Å². The summed E-state index contributed by atoms with van der Waals surface area (Å²) in [7, 11) is 1.55. The molecule has 0 bridgehead atoms.